The molecule has 13 aromatic rings. The standard InChI is InChI=1S/C60H40N2SSi/c1-4-18-43(19-5-1)64(44-20-6-2-7-21-44,45-22-8-3-9-23-45)46-37-34-41(35-38-46)61-54-30-13-10-24-47(54)53-40-42(36-39-56(53)61)62-55-31-14-11-26-52(55)59-49(27-17-32-57(59)62)51-29-16-28-50-48-25-12-15-33-58(48)63-60(50)51/h1-40H. The van der Waals surface area contributed by atoms with Gasteiger partial charge in [-0.3, -0.25) is 0 Å². The molecule has 0 aliphatic heterocycles. The highest BCUT2D eigenvalue weighted by Crippen LogP contribution is 2.45. The van der Waals surface area contributed by atoms with Gasteiger partial charge in [0.05, 0.1) is 22.1 Å². The lowest BCUT2D eigenvalue weighted by Crippen LogP contribution is -2.74. The molecule has 0 radical (unpaired) electrons. The van der Waals surface area contributed by atoms with E-state index in [0.717, 1.165) is 11.4 Å². The van der Waals surface area contributed by atoms with Gasteiger partial charge in [0.15, 0.2) is 8.07 Å². The van der Waals surface area contributed by atoms with Crippen LogP contribution in [0.25, 0.3) is 86.3 Å². The van der Waals surface area contributed by atoms with Crippen LogP contribution >= 0.6 is 11.3 Å². The van der Waals surface area contributed by atoms with Gasteiger partial charge in [-0.05, 0) is 80.9 Å². The molecule has 64 heavy (non-hydrogen) atoms. The van der Waals surface area contributed by atoms with Crippen LogP contribution in [0.5, 0.6) is 0 Å². The van der Waals surface area contributed by atoms with E-state index in [0.29, 0.717) is 0 Å². The van der Waals surface area contributed by atoms with E-state index in [4.69, 9.17) is 0 Å². The van der Waals surface area contributed by atoms with Gasteiger partial charge in [-0.1, -0.05) is 188 Å². The molecule has 0 saturated heterocycles. The summed E-state index contributed by atoms with van der Waals surface area (Å²) in [5, 5.41) is 13.1. The molecule has 3 heterocycles. The van der Waals surface area contributed by atoms with Crippen molar-refractivity contribution in [2.75, 3.05) is 0 Å². The fourth-order valence-electron chi connectivity index (χ4n) is 10.8. The average molecular weight is 849 g/mol. The highest BCUT2D eigenvalue weighted by atomic mass is 32.1. The minimum atomic E-state index is -2.66. The molecule has 2 nitrogen and oxygen atoms in total. The second-order valence-corrected chi connectivity index (χ2v) is 21.6. The van der Waals surface area contributed by atoms with Gasteiger partial charge in [0.25, 0.3) is 0 Å². The number of benzene rings is 10. The average Bonchev–Trinajstić information content (AvgIpc) is 4.03. The highest BCUT2D eigenvalue weighted by molar-refractivity contribution is 7.26. The molecular weight excluding hydrogens is 809 g/mol. The fourth-order valence-corrected chi connectivity index (χ4v) is 16.8. The summed E-state index contributed by atoms with van der Waals surface area (Å²) in [5.41, 5.74) is 9.65. The van der Waals surface area contributed by atoms with E-state index >= 15 is 0 Å². The van der Waals surface area contributed by atoms with Crippen LogP contribution in [0.2, 0.25) is 0 Å². The van der Waals surface area contributed by atoms with Crippen molar-refractivity contribution in [2.24, 2.45) is 0 Å². The van der Waals surface area contributed by atoms with Crippen LogP contribution in [0.1, 0.15) is 0 Å². The molecule has 10 aromatic carbocycles. The predicted octanol–water partition coefficient (Wildman–Crippen LogP) is 13.3. The van der Waals surface area contributed by atoms with Crippen LogP contribution in [0.4, 0.5) is 0 Å². The SMILES string of the molecule is c1ccc([Si](c2ccccc2)(c2ccccc2)c2ccc(-n3c4ccccc4c4cc(-n5c6ccccc6c6c(-c7cccc8c7sc7ccccc78)cccc65)ccc43)cc2)cc1. The Morgan fingerprint density at radius 2 is 0.766 bits per heavy atom. The molecule has 300 valence electrons. The number of hydrogen-bond acceptors (Lipinski definition) is 1. The third-order valence-electron chi connectivity index (χ3n) is 13.5. The molecule has 3 aromatic heterocycles. The summed E-state index contributed by atoms with van der Waals surface area (Å²) < 4.78 is 7.58. The van der Waals surface area contributed by atoms with Crippen LogP contribution in [0, 0.1) is 0 Å². The molecule has 0 saturated carbocycles. The van der Waals surface area contributed by atoms with E-state index in [1.54, 1.807) is 0 Å². The topological polar surface area (TPSA) is 9.86 Å². The highest BCUT2D eigenvalue weighted by Gasteiger charge is 2.41. The Morgan fingerprint density at radius 3 is 1.45 bits per heavy atom. The minimum Gasteiger partial charge on any atom is -0.309 e. The Morgan fingerprint density at radius 1 is 0.297 bits per heavy atom. The largest absolute Gasteiger partial charge is 0.309 e. The van der Waals surface area contributed by atoms with Crippen molar-refractivity contribution in [3.05, 3.63) is 243 Å². The second kappa shape index (κ2) is 14.7. The van der Waals surface area contributed by atoms with Crippen LogP contribution in [0.15, 0.2) is 243 Å². The monoisotopic (exact) mass is 848 g/mol. The quantitative estimate of drug-likeness (QED) is 0.112. The molecule has 0 atom stereocenters. The third kappa shape index (κ3) is 5.43. The van der Waals surface area contributed by atoms with Crippen LogP contribution in [0.3, 0.4) is 0 Å². The number of aromatic nitrogens is 2. The Hall–Kier alpha value is -7.76. The van der Waals surface area contributed by atoms with Crippen molar-refractivity contribution in [3.8, 4) is 22.5 Å². The lowest BCUT2D eigenvalue weighted by Gasteiger charge is -2.34. The number of fused-ring (bicyclic) bond motifs is 9. The van der Waals surface area contributed by atoms with Crippen LogP contribution < -0.4 is 20.7 Å². The lowest BCUT2D eigenvalue weighted by atomic mass is 9.98. The van der Waals surface area contributed by atoms with Crippen molar-refractivity contribution in [1.82, 2.24) is 9.13 Å². The van der Waals surface area contributed by atoms with Gasteiger partial charge in [-0.15, -0.1) is 11.3 Å². The molecule has 13 rings (SSSR count). The molecule has 0 aliphatic carbocycles. The fraction of sp³-hybridized carbons (Fsp3) is 0. The number of nitrogens with zero attached hydrogens (tertiary/aromatic N) is 2. The van der Waals surface area contributed by atoms with Gasteiger partial charge in [0.2, 0.25) is 0 Å². The van der Waals surface area contributed by atoms with Crippen molar-refractivity contribution >= 4 is 104 Å². The number of thiophene rings is 1. The molecular formula is C60H40N2SSi. The molecule has 0 amide bonds. The summed E-state index contributed by atoms with van der Waals surface area (Å²) in [6.07, 6.45) is 0. The zero-order chi connectivity index (χ0) is 42.2. The Bertz CT molecular complexity index is 3790. The van der Waals surface area contributed by atoms with Gasteiger partial charge < -0.3 is 9.13 Å². The van der Waals surface area contributed by atoms with E-state index in [1.807, 2.05) is 11.3 Å². The zero-order valence-corrected chi connectivity index (χ0v) is 36.7. The van der Waals surface area contributed by atoms with Gasteiger partial charge >= 0.3 is 0 Å². The van der Waals surface area contributed by atoms with Gasteiger partial charge in [-0.2, -0.15) is 0 Å². The first kappa shape index (κ1) is 36.9. The lowest BCUT2D eigenvalue weighted by molar-refractivity contribution is 1.17. The molecule has 0 N–H and O–H groups in total. The first-order valence-electron chi connectivity index (χ1n) is 22.0. The third-order valence-corrected chi connectivity index (χ3v) is 19.5. The number of hydrogen-bond donors (Lipinski definition) is 0. The van der Waals surface area contributed by atoms with E-state index in [2.05, 4.69) is 252 Å². The minimum absolute atomic E-state index is 1.15. The van der Waals surface area contributed by atoms with E-state index < -0.39 is 8.07 Å². The number of rotatable bonds is 7. The maximum atomic E-state index is 2.47. The maximum Gasteiger partial charge on any atom is 0.179 e. The molecule has 0 unspecified atom stereocenters. The number of para-hydroxylation sites is 2. The maximum absolute atomic E-state index is 2.66. The van der Waals surface area contributed by atoms with E-state index in [-0.39, 0.29) is 0 Å². The Balaban J connectivity index is 0.989. The van der Waals surface area contributed by atoms with Gasteiger partial charge in [-0.25, -0.2) is 0 Å². The van der Waals surface area contributed by atoms with Crippen LogP contribution in [-0.4, -0.2) is 17.2 Å². The van der Waals surface area contributed by atoms with Gasteiger partial charge in [0.1, 0.15) is 0 Å². The van der Waals surface area contributed by atoms with E-state index in [1.165, 1.54) is 95.7 Å². The molecule has 0 bridgehead atoms. The van der Waals surface area contributed by atoms with Crippen LogP contribution in [-0.2, 0) is 0 Å². The summed E-state index contributed by atoms with van der Waals surface area (Å²) >= 11 is 1.89. The summed E-state index contributed by atoms with van der Waals surface area (Å²) in [6.45, 7) is 0. The Kier molecular flexibility index (Phi) is 8.45. The summed E-state index contributed by atoms with van der Waals surface area (Å²) in [5.74, 6) is 0. The predicted molar refractivity (Wildman–Crippen MR) is 277 cm³/mol. The second-order valence-electron chi connectivity index (χ2n) is 16.8. The molecule has 0 spiro atoms. The van der Waals surface area contributed by atoms with Gasteiger partial charge in [0, 0.05) is 58.7 Å². The molecule has 0 aliphatic rings. The summed E-state index contributed by atoms with van der Waals surface area (Å²) in [7, 11) is -2.66. The normalized spacial score (nSPS) is 12.1. The molecule has 0 fully saturated rings. The zero-order valence-electron chi connectivity index (χ0n) is 34.9. The van der Waals surface area contributed by atoms with Crippen molar-refractivity contribution in [1.29, 1.82) is 0 Å². The summed E-state index contributed by atoms with van der Waals surface area (Å²) in [6, 6.07) is 90.3. The van der Waals surface area contributed by atoms with Crippen molar-refractivity contribution in [3.63, 3.8) is 0 Å². The van der Waals surface area contributed by atoms with E-state index in [9.17, 15) is 0 Å². The first-order chi connectivity index (χ1) is 31.8. The summed E-state index contributed by atoms with van der Waals surface area (Å²) in [4.78, 5) is 0. The van der Waals surface area contributed by atoms with Crippen molar-refractivity contribution in [2.45, 2.75) is 0 Å². The van der Waals surface area contributed by atoms with Crippen molar-refractivity contribution < 1.29 is 0 Å². The molecule has 4 heteroatoms. The smallest absolute Gasteiger partial charge is 0.179 e. The first-order valence-corrected chi connectivity index (χ1v) is 24.8. The Labute approximate surface area is 376 Å².